The van der Waals surface area contributed by atoms with Crippen LogP contribution in [-0.2, 0) is 7.05 Å². The van der Waals surface area contributed by atoms with Crippen LogP contribution in [0.1, 0.15) is 18.7 Å². The van der Waals surface area contributed by atoms with Crippen LogP contribution in [0.2, 0.25) is 0 Å². The highest BCUT2D eigenvalue weighted by Crippen LogP contribution is 2.23. The summed E-state index contributed by atoms with van der Waals surface area (Å²) in [4.78, 5) is 10.4. The number of rotatable bonds is 2. The van der Waals surface area contributed by atoms with Crippen molar-refractivity contribution < 1.29 is 0 Å². The minimum atomic E-state index is 0.257. The minimum Gasteiger partial charge on any atom is -0.370 e. The summed E-state index contributed by atoms with van der Waals surface area (Å²) in [5.41, 5.74) is 6.95. The highest BCUT2D eigenvalue weighted by molar-refractivity contribution is 5.80. The first-order valence-electron chi connectivity index (χ1n) is 4.76. The van der Waals surface area contributed by atoms with Crippen LogP contribution in [0, 0.1) is 0 Å². The van der Waals surface area contributed by atoms with Gasteiger partial charge in [-0.05, 0) is 6.92 Å². The number of likely N-dealkylation sites (N-methyl/N-ethyl adjacent to an activating group) is 1. The highest BCUT2D eigenvalue weighted by atomic mass is 15.3. The lowest BCUT2D eigenvalue weighted by molar-refractivity contribution is 0.351. The summed E-state index contributed by atoms with van der Waals surface area (Å²) in [5, 5.41) is 0. The molecule has 1 aromatic heterocycles. The third-order valence-electron chi connectivity index (χ3n) is 2.63. The lowest BCUT2D eigenvalue weighted by Gasteiger charge is -2.24. The van der Waals surface area contributed by atoms with E-state index in [2.05, 4.69) is 21.8 Å². The summed E-state index contributed by atoms with van der Waals surface area (Å²) in [6.45, 7) is 3.70. The summed E-state index contributed by atoms with van der Waals surface area (Å²) in [6, 6.07) is 0.257. The van der Waals surface area contributed by atoms with Gasteiger partial charge in [-0.3, -0.25) is 4.99 Å². The van der Waals surface area contributed by atoms with Gasteiger partial charge in [0.25, 0.3) is 0 Å². The second-order valence-corrected chi connectivity index (χ2v) is 3.43. The van der Waals surface area contributed by atoms with Crippen molar-refractivity contribution >= 4 is 5.96 Å². The lowest BCUT2D eigenvalue weighted by atomic mass is 10.2. The van der Waals surface area contributed by atoms with E-state index in [1.54, 1.807) is 6.33 Å². The third kappa shape index (κ3) is 1.25. The fourth-order valence-electron chi connectivity index (χ4n) is 1.85. The molecule has 5 heteroatoms. The van der Waals surface area contributed by atoms with Gasteiger partial charge in [-0.15, -0.1) is 0 Å². The molecule has 14 heavy (non-hydrogen) atoms. The van der Waals surface area contributed by atoms with Gasteiger partial charge in [0, 0.05) is 13.6 Å². The predicted octanol–water partition coefficient (Wildman–Crippen LogP) is 0.111. The Kier molecular flexibility index (Phi) is 2.15. The van der Waals surface area contributed by atoms with E-state index in [-0.39, 0.29) is 6.04 Å². The van der Waals surface area contributed by atoms with Crippen molar-refractivity contribution in [3.8, 4) is 0 Å². The maximum absolute atomic E-state index is 5.78. The van der Waals surface area contributed by atoms with Gasteiger partial charge >= 0.3 is 0 Å². The summed E-state index contributed by atoms with van der Waals surface area (Å²) in [6.07, 6.45) is 3.68. The average molecular weight is 193 g/mol. The number of hydrogen-bond donors (Lipinski definition) is 1. The zero-order valence-corrected chi connectivity index (χ0v) is 8.51. The Morgan fingerprint density at radius 2 is 2.43 bits per heavy atom. The summed E-state index contributed by atoms with van der Waals surface area (Å²) in [7, 11) is 1.99. The molecule has 76 valence electrons. The van der Waals surface area contributed by atoms with E-state index in [1.807, 2.05) is 17.8 Å². The first kappa shape index (κ1) is 9.05. The molecule has 0 bridgehead atoms. The number of aryl methyl sites for hydroxylation is 1. The molecule has 0 saturated carbocycles. The maximum atomic E-state index is 5.78. The molecule has 5 nitrogen and oxygen atoms in total. The van der Waals surface area contributed by atoms with Gasteiger partial charge in [-0.2, -0.15) is 0 Å². The molecule has 0 aromatic carbocycles. The SMILES string of the molecule is CCN1C(N)=NCC1c1cncn1C. The Hall–Kier alpha value is -1.52. The van der Waals surface area contributed by atoms with Crippen LogP contribution in [-0.4, -0.2) is 33.5 Å². The molecule has 0 fully saturated rings. The Bertz CT molecular complexity index is 354. The monoisotopic (exact) mass is 193 g/mol. The second kappa shape index (κ2) is 3.32. The molecule has 2 N–H and O–H groups in total. The summed E-state index contributed by atoms with van der Waals surface area (Å²) < 4.78 is 2.02. The Balaban J connectivity index is 2.26. The molecular formula is C9H15N5. The largest absolute Gasteiger partial charge is 0.370 e. The van der Waals surface area contributed by atoms with Crippen molar-refractivity contribution in [3.63, 3.8) is 0 Å². The quantitative estimate of drug-likeness (QED) is 0.725. The fourth-order valence-corrected chi connectivity index (χ4v) is 1.85. The Labute approximate surface area is 83.2 Å². The topological polar surface area (TPSA) is 59.4 Å². The molecule has 0 aliphatic carbocycles. The average Bonchev–Trinajstić information content (AvgIpc) is 2.71. The van der Waals surface area contributed by atoms with E-state index in [0.29, 0.717) is 5.96 Å². The predicted molar refractivity (Wildman–Crippen MR) is 54.8 cm³/mol. The number of imidazole rings is 1. The Morgan fingerprint density at radius 1 is 1.64 bits per heavy atom. The molecule has 1 atom stereocenters. The molecule has 1 aliphatic heterocycles. The molecule has 0 radical (unpaired) electrons. The molecule has 0 spiro atoms. The molecule has 1 aromatic rings. The fraction of sp³-hybridized carbons (Fsp3) is 0.556. The van der Waals surface area contributed by atoms with Gasteiger partial charge in [0.1, 0.15) is 0 Å². The standard InChI is InChI=1S/C9H15N5/c1-3-14-8(5-12-9(14)10)7-4-11-6-13(7)2/h4,6,8H,3,5H2,1-2H3,(H2,10,12). The van der Waals surface area contributed by atoms with Crippen molar-refractivity contribution in [1.29, 1.82) is 0 Å². The van der Waals surface area contributed by atoms with Gasteiger partial charge in [0.05, 0.1) is 30.8 Å². The Morgan fingerprint density at radius 3 is 3.00 bits per heavy atom. The normalized spacial score (nSPS) is 21.4. The van der Waals surface area contributed by atoms with Crippen LogP contribution in [0.4, 0.5) is 0 Å². The van der Waals surface area contributed by atoms with E-state index in [4.69, 9.17) is 5.73 Å². The van der Waals surface area contributed by atoms with Crippen LogP contribution in [0.15, 0.2) is 17.5 Å². The van der Waals surface area contributed by atoms with Crippen molar-refractivity contribution in [3.05, 3.63) is 18.2 Å². The van der Waals surface area contributed by atoms with Gasteiger partial charge in [0.15, 0.2) is 5.96 Å². The first-order chi connectivity index (χ1) is 6.74. The zero-order chi connectivity index (χ0) is 10.1. The van der Waals surface area contributed by atoms with Crippen LogP contribution >= 0.6 is 0 Å². The smallest absolute Gasteiger partial charge is 0.191 e. The van der Waals surface area contributed by atoms with Crippen LogP contribution in [0.3, 0.4) is 0 Å². The van der Waals surface area contributed by atoms with Gasteiger partial charge in [-0.1, -0.05) is 0 Å². The lowest BCUT2D eigenvalue weighted by Crippen LogP contribution is -2.36. The number of aromatic nitrogens is 2. The van der Waals surface area contributed by atoms with Crippen LogP contribution < -0.4 is 5.73 Å². The molecule has 2 heterocycles. The van der Waals surface area contributed by atoms with Crippen LogP contribution in [0.5, 0.6) is 0 Å². The number of nitrogens with two attached hydrogens (primary N) is 1. The highest BCUT2D eigenvalue weighted by Gasteiger charge is 2.27. The van der Waals surface area contributed by atoms with Gasteiger partial charge in [0.2, 0.25) is 0 Å². The number of aliphatic imine (C=N–C) groups is 1. The molecule has 1 aliphatic rings. The van der Waals surface area contributed by atoms with E-state index in [1.165, 1.54) is 0 Å². The van der Waals surface area contributed by atoms with E-state index in [9.17, 15) is 0 Å². The van der Waals surface area contributed by atoms with Crippen molar-refractivity contribution in [2.24, 2.45) is 17.8 Å². The zero-order valence-electron chi connectivity index (χ0n) is 8.51. The van der Waals surface area contributed by atoms with Crippen molar-refractivity contribution in [2.45, 2.75) is 13.0 Å². The van der Waals surface area contributed by atoms with Crippen molar-refractivity contribution in [1.82, 2.24) is 14.5 Å². The van der Waals surface area contributed by atoms with Crippen LogP contribution in [0.25, 0.3) is 0 Å². The molecular weight excluding hydrogens is 178 g/mol. The first-order valence-corrected chi connectivity index (χ1v) is 4.76. The van der Waals surface area contributed by atoms with E-state index in [0.717, 1.165) is 18.8 Å². The van der Waals surface area contributed by atoms with Crippen molar-refractivity contribution in [2.75, 3.05) is 13.1 Å². The summed E-state index contributed by atoms with van der Waals surface area (Å²) in [5.74, 6) is 0.638. The van der Waals surface area contributed by atoms with E-state index >= 15 is 0 Å². The van der Waals surface area contributed by atoms with E-state index < -0.39 is 0 Å². The van der Waals surface area contributed by atoms with Gasteiger partial charge < -0.3 is 15.2 Å². The number of guanidine groups is 1. The second-order valence-electron chi connectivity index (χ2n) is 3.43. The minimum absolute atomic E-state index is 0.257. The molecule has 1 unspecified atom stereocenters. The number of nitrogens with zero attached hydrogens (tertiary/aromatic N) is 4. The molecule has 0 amide bonds. The number of hydrogen-bond acceptors (Lipinski definition) is 4. The summed E-state index contributed by atoms with van der Waals surface area (Å²) >= 11 is 0. The third-order valence-corrected chi connectivity index (χ3v) is 2.63. The van der Waals surface area contributed by atoms with Gasteiger partial charge in [-0.25, -0.2) is 4.98 Å². The maximum Gasteiger partial charge on any atom is 0.191 e. The molecule has 2 rings (SSSR count). The molecule has 0 saturated heterocycles.